The summed E-state index contributed by atoms with van der Waals surface area (Å²) >= 11 is 3.48. The van der Waals surface area contributed by atoms with Crippen LogP contribution in [0.3, 0.4) is 0 Å². The molecule has 1 aliphatic heterocycles. The van der Waals surface area contributed by atoms with Gasteiger partial charge in [-0.3, -0.25) is 4.79 Å². The van der Waals surface area contributed by atoms with Crippen molar-refractivity contribution in [1.29, 1.82) is 0 Å². The number of carbonyl (C=O) groups excluding carboxylic acids is 1. The summed E-state index contributed by atoms with van der Waals surface area (Å²) in [6, 6.07) is 5.76. The normalized spacial score (nSPS) is 23.5. The number of ether oxygens (including phenoxy) is 1. The van der Waals surface area contributed by atoms with E-state index in [1.165, 1.54) is 0 Å². The third-order valence-electron chi connectivity index (χ3n) is 3.94. The summed E-state index contributed by atoms with van der Waals surface area (Å²) in [5.41, 5.74) is 1.56. The minimum absolute atomic E-state index is 0.0989. The second-order valence-electron chi connectivity index (χ2n) is 5.40. The predicted octanol–water partition coefficient (Wildman–Crippen LogP) is 3.40. The van der Waals surface area contributed by atoms with E-state index in [2.05, 4.69) is 22.9 Å². The fourth-order valence-electron chi connectivity index (χ4n) is 2.56. The highest BCUT2D eigenvalue weighted by Gasteiger charge is 2.33. The van der Waals surface area contributed by atoms with Gasteiger partial charge in [0.1, 0.15) is 0 Å². The quantitative estimate of drug-likeness (QED) is 0.834. The molecule has 4 heteroatoms. The number of nitrogens with zero attached hydrogens (tertiary/aromatic N) is 1. The van der Waals surface area contributed by atoms with Gasteiger partial charge in [-0.15, -0.1) is 0 Å². The Balaban J connectivity index is 2.22. The average Bonchev–Trinajstić information content (AvgIpc) is 2.41. The van der Waals surface area contributed by atoms with Crippen molar-refractivity contribution in [1.82, 2.24) is 4.90 Å². The predicted molar refractivity (Wildman–Crippen MR) is 79.4 cm³/mol. The molecule has 3 nitrogen and oxygen atoms in total. The van der Waals surface area contributed by atoms with Gasteiger partial charge in [-0.2, -0.15) is 0 Å². The lowest BCUT2D eigenvalue weighted by atomic mass is 9.94. The Morgan fingerprint density at radius 2 is 2.21 bits per heavy atom. The van der Waals surface area contributed by atoms with Crippen LogP contribution in [0.1, 0.15) is 35.7 Å². The van der Waals surface area contributed by atoms with Gasteiger partial charge < -0.3 is 9.64 Å². The minimum Gasteiger partial charge on any atom is -0.377 e. The second-order valence-corrected chi connectivity index (χ2v) is 6.25. The van der Waals surface area contributed by atoms with Crippen LogP contribution in [0.15, 0.2) is 22.7 Å². The average molecular weight is 326 g/mol. The van der Waals surface area contributed by atoms with E-state index in [0.29, 0.717) is 6.54 Å². The molecule has 1 amide bonds. The van der Waals surface area contributed by atoms with E-state index in [1.807, 2.05) is 30.0 Å². The van der Waals surface area contributed by atoms with Crippen LogP contribution in [0.5, 0.6) is 0 Å². The lowest BCUT2D eigenvalue weighted by Gasteiger charge is -2.39. The van der Waals surface area contributed by atoms with E-state index in [-0.39, 0.29) is 11.5 Å². The molecule has 104 valence electrons. The first-order valence-electron chi connectivity index (χ1n) is 6.56. The Morgan fingerprint density at radius 1 is 1.47 bits per heavy atom. The molecule has 1 aromatic carbocycles. The van der Waals surface area contributed by atoms with Gasteiger partial charge in [0.2, 0.25) is 0 Å². The summed E-state index contributed by atoms with van der Waals surface area (Å²) in [7, 11) is 1.72. The molecule has 1 atom stereocenters. The van der Waals surface area contributed by atoms with E-state index < -0.39 is 0 Å². The molecule has 0 saturated carbocycles. The molecule has 1 saturated heterocycles. The van der Waals surface area contributed by atoms with Crippen LogP contribution in [0, 0.1) is 6.92 Å². The number of halogens is 1. The maximum atomic E-state index is 12.6. The Labute approximate surface area is 123 Å². The lowest BCUT2D eigenvalue weighted by molar-refractivity contribution is -0.0440. The number of hydrogen-bond donors (Lipinski definition) is 0. The topological polar surface area (TPSA) is 29.5 Å². The first-order chi connectivity index (χ1) is 8.97. The molecule has 1 unspecified atom stereocenters. The van der Waals surface area contributed by atoms with E-state index >= 15 is 0 Å². The highest BCUT2D eigenvalue weighted by atomic mass is 79.9. The highest BCUT2D eigenvalue weighted by Crippen LogP contribution is 2.27. The van der Waals surface area contributed by atoms with Crippen molar-refractivity contribution in [3.8, 4) is 0 Å². The molecule has 1 heterocycles. The molecule has 1 fully saturated rings. The summed E-state index contributed by atoms with van der Waals surface area (Å²) < 4.78 is 6.52. The summed E-state index contributed by atoms with van der Waals surface area (Å²) in [4.78, 5) is 14.5. The minimum atomic E-state index is -0.214. The molecule has 0 aliphatic carbocycles. The molecule has 0 bridgehead atoms. The number of rotatable bonds is 2. The molecule has 0 N–H and O–H groups in total. The third kappa shape index (κ3) is 3.00. The standard InChI is InChI=1S/C15H20BrNO2/c1-11-12(6-4-7-13(11)16)14(18)17-9-5-8-15(2,10-17)19-3/h4,6-7H,5,8-10H2,1-3H3. The van der Waals surface area contributed by atoms with E-state index in [9.17, 15) is 4.79 Å². The van der Waals surface area contributed by atoms with Crippen LogP contribution >= 0.6 is 15.9 Å². The van der Waals surface area contributed by atoms with E-state index in [1.54, 1.807) is 7.11 Å². The highest BCUT2D eigenvalue weighted by molar-refractivity contribution is 9.10. The Bertz CT molecular complexity index is 489. The monoisotopic (exact) mass is 325 g/mol. The summed E-state index contributed by atoms with van der Waals surface area (Å²) in [6.07, 6.45) is 1.99. The third-order valence-corrected chi connectivity index (χ3v) is 4.80. The van der Waals surface area contributed by atoms with Gasteiger partial charge in [0, 0.05) is 30.2 Å². The summed E-state index contributed by atoms with van der Waals surface area (Å²) in [6.45, 7) is 5.51. The van der Waals surface area contributed by atoms with E-state index in [4.69, 9.17) is 4.74 Å². The molecule has 1 aliphatic rings. The summed E-state index contributed by atoms with van der Waals surface area (Å²) in [5, 5.41) is 0. The SMILES string of the molecule is COC1(C)CCCN(C(=O)c2cccc(Br)c2C)C1. The van der Waals surface area contributed by atoms with Gasteiger partial charge in [-0.25, -0.2) is 0 Å². The van der Waals surface area contributed by atoms with E-state index in [0.717, 1.165) is 35.0 Å². The van der Waals surface area contributed by atoms with Crippen molar-refractivity contribution in [2.24, 2.45) is 0 Å². The first-order valence-corrected chi connectivity index (χ1v) is 7.36. The largest absolute Gasteiger partial charge is 0.377 e. The van der Waals surface area contributed by atoms with Crippen LogP contribution in [-0.4, -0.2) is 36.6 Å². The number of amides is 1. The molecule has 0 aromatic heterocycles. The molecule has 0 radical (unpaired) electrons. The van der Waals surface area contributed by atoms with Crippen molar-refractivity contribution >= 4 is 21.8 Å². The van der Waals surface area contributed by atoms with Crippen LogP contribution < -0.4 is 0 Å². The van der Waals surface area contributed by atoms with Gasteiger partial charge in [-0.1, -0.05) is 22.0 Å². The molecule has 19 heavy (non-hydrogen) atoms. The van der Waals surface area contributed by atoms with Gasteiger partial charge >= 0.3 is 0 Å². The molecule has 1 aromatic rings. The fraction of sp³-hybridized carbons (Fsp3) is 0.533. The number of carbonyl (C=O) groups is 1. The zero-order valence-electron chi connectivity index (χ0n) is 11.7. The zero-order valence-corrected chi connectivity index (χ0v) is 13.3. The van der Waals surface area contributed by atoms with Crippen molar-refractivity contribution in [2.75, 3.05) is 20.2 Å². The second kappa shape index (κ2) is 5.63. The number of hydrogen-bond acceptors (Lipinski definition) is 2. The molecule has 0 spiro atoms. The van der Waals surface area contributed by atoms with Gasteiger partial charge in [0.15, 0.2) is 0 Å². The van der Waals surface area contributed by atoms with Gasteiger partial charge in [0.25, 0.3) is 5.91 Å². The van der Waals surface area contributed by atoms with Crippen LogP contribution in [0.4, 0.5) is 0 Å². The van der Waals surface area contributed by atoms with Crippen molar-refractivity contribution in [2.45, 2.75) is 32.3 Å². The van der Waals surface area contributed by atoms with Crippen molar-refractivity contribution < 1.29 is 9.53 Å². The van der Waals surface area contributed by atoms with Crippen molar-refractivity contribution in [3.63, 3.8) is 0 Å². The van der Waals surface area contributed by atoms with Crippen LogP contribution in [0.2, 0.25) is 0 Å². The maximum Gasteiger partial charge on any atom is 0.254 e. The number of methoxy groups -OCH3 is 1. The summed E-state index contributed by atoms with van der Waals surface area (Å²) in [5.74, 6) is 0.0989. The smallest absolute Gasteiger partial charge is 0.254 e. The van der Waals surface area contributed by atoms with Crippen molar-refractivity contribution in [3.05, 3.63) is 33.8 Å². The maximum absolute atomic E-state index is 12.6. The zero-order chi connectivity index (χ0) is 14.0. The Kier molecular flexibility index (Phi) is 4.31. The molecular formula is C15H20BrNO2. The Morgan fingerprint density at radius 3 is 2.89 bits per heavy atom. The lowest BCUT2D eigenvalue weighted by Crippen LogP contribution is -2.49. The molecule has 2 rings (SSSR count). The Hall–Kier alpha value is -0.870. The number of likely N-dealkylation sites (tertiary alicyclic amines) is 1. The first kappa shape index (κ1) is 14.5. The molecular weight excluding hydrogens is 306 g/mol. The fourth-order valence-corrected chi connectivity index (χ4v) is 2.92. The van der Waals surface area contributed by atoms with Gasteiger partial charge in [-0.05, 0) is 44.4 Å². The van der Waals surface area contributed by atoms with Crippen LogP contribution in [-0.2, 0) is 4.74 Å². The van der Waals surface area contributed by atoms with Gasteiger partial charge in [0.05, 0.1) is 5.60 Å². The van der Waals surface area contributed by atoms with Crippen LogP contribution in [0.25, 0.3) is 0 Å². The number of benzene rings is 1. The number of piperidine rings is 1.